The van der Waals surface area contributed by atoms with Crippen LogP contribution in [0.3, 0.4) is 0 Å². The van der Waals surface area contributed by atoms with Gasteiger partial charge in [0.2, 0.25) is 0 Å². The van der Waals surface area contributed by atoms with Crippen LogP contribution in [0.15, 0.2) is 0 Å². The van der Waals surface area contributed by atoms with Crippen molar-refractivity contribution >= 4 is 0 Å². The van der Waals surface area contributed by atoms with E-state index in [1.54, 1.807) is 0 Å². The Morgan fingerprint density at radius 1 is 0.481 bits per heavy atom. The van der Waals surface area contributed by atoms with Gasteiger partial charge in [0.25, 0.3) is 0 Å². The van der Waals surface area contributed by atoms with Crippen LogP contribution in [-0.2, 0) is 0 Å². The zero-order valence-electron chi connectivity index (χ0n) is 40.4. The number of hydrogen-bond donors (Lipinski definition) is 3. The average Bonchev–Trinajstić information content (AvgIpc) is 3.66. The molecule has 0 aromatic rings. The molecule has 1 rings (SSSR count). The molecule has 6 N–H and O–H groups in total. The minimum absolute atomic E-state index is 0. The molecule has 0 amide bonds. The van der Waals surface area contributed by atoms with Gasteiger partial charge in [-0.3, -0.25) is 0 Å². The number of rotatable bonds is 17. The first-order valence-corrected chi connectivity index (χ1v) is 22.4. The standard InChI is InChI=1S/C9H21N.C8H18.C7H15N.2C7H16.C5H13N.C5H12.CH4/c1-9(2)7-5-3-4-6-8-10;1-7(2)6-8(3,4)5;1-6(2)5-7(8)3-4-7;1-6(2)5-7(3)4;1-4-5-6-7(2)3;1-5(2)3-4-6;1-4-5(2)3;/h9H,3-8,10H2,1-2H3;7H,6H2,1-5H3;6H,3-5,8H2,1-2H3;6-7H,5H2,1-4H3;7H,4-6H2,1-3H3;5H,3-4,6H2,1-2H3;5H,4H2,1-3H3;1H4. The fraction of sp³-hybridized carbons (Fsp3) is 1.00. The van der Waals surface area contributed by atoms with Crippen molar-refractivity contribution in [1.82, 2.24) is 0 Å². The SMILES string of the molecule is C.CC(C)CC(C)(C)C.CC(C)CC(C)C.CC(C)CC1(N)CC1.CC(C)CCCCCCN.CC(C)CCN.CCC(C)C.CCCCC(C)C. The Kier molecular flexibility index (Phi) is 58.1. The minimum atomic E-state index is 0. The lowest BCUT2D eigenvalue weighted by Crippen LogP contribution is -2.23. The highest BCUT2D eigenvalue weighted by atomic mass is 14.8. The van der Waals surface area contributed by atoms with E-state index in [9.17, 15) is 0 Å². The lowest BCUT2D eigenvalue weighted by atomic mass is 9.86. The second-order valence-electron chi connectivity index (χ2n) is 20.3. The third-order valence-corrected chi connectivity index (χ3v) is 8.10. The van der Waals surface area contributed by atoms with E-state index in [2.05, 4.69) is 145 Å². The molecule has 1 aliphatic carbocycles. The molecule has 1 saturated carbocycles. The second kappa shape index (κ2) is 45.3. The lowest BCUT2D eigenvalue weighted by Gasteiger charge is -2.19. The Morgan fingerprint density at radius 2 is 0.865 bits per heavy atom. The Morgan fingerprint density at radius 3 is 1.00 bits per heavy atom. The van der Waals surface area contributed by atoms with Gasteiger partial charge in [0, 0.05) is 5.54 Å². The Bertz CT molecular complexity index is 575. The van der Waals surface area contributed by atoms with Crippen LogP contribution >= 0.6 is 0 Å². The molecule has 0 aliphatic heterocycles. The summed E-state index contributed by atoms with van der Waals surface area (Å²) in [6.45, 7) is 48.9. The minimum Gasteiger partial charge on any atom is -0.330 e. The molecule has 1 fully saturated rings. The zero-order valence-corrected chi connectivity index (χ0v) is 40.4. The third kappa shape index (κ3) is 98.0. The maximum Gasteiger partial charge on any atom is 0.0158 e. The Labute approximate surface area is 336 Å². The smallest absolute Gasteiger partial charge is 0.0158 e. The molecule has 0 atom stereocenters. The first kappa shape index (κ1) is 66.7. The van der Waals surface area contributed by atoms with Gasteiger partial charge in [-0.05, 0) is 111 Å². The van der Waals surface area contributed by atoms with E-state index in [1.807, 2.05) is 0 Å². The van der Waals surface area contributed by atoms with Gasteiger partial charge in [0.05, 0.1) is 0 Å². The van der Waals surface area contributed by atoms with Crippen molar-refractivity contribution in [1.29, 1.82) is 0 Å². The maximum absolute atomic E-state index is 5.85. The van der Waals surface area contributed by atoms with Crippen LogP contribution in [0.25, 0.3) is 0 Å². The summed E-state index contributed by atoms with van der Waals surface area (Å²) in [5.74, 6) is 6.81. The molecule has 1 aliphatic rings. The van der Waals surface area contributed by atoms with Crippen LogP contribution in [0, 0.1) is 52.8 Å². The summed E-state index contributed by atoms with van der Waals surface area (Å²) >= 11 is 0. The van der Waals surface area contributed by atoms with Gasteiger partial charge in [0.1, 0.15) is 0 Å². The van der Waals surface area contributed by atoms with Crippen LogP contribution in [0.5, 0.6) is 0 Å². The molecule has 3 nitrogen and oxygen atoms in total. The summed E-state index contributed by atoms with van der Waals surface area (Å²) in [5.41, 5.74) is 17.2. The lowest BCUT2D eigenvalue weighted by molar-refractivity contribution is 0.320. The molecular weight excluding hydrogens is 631 g/mol. The average molecular weight is 746 g/mol. The van der Waals surface area contributed by atoms with E-state index in [4.69, 9.17) is 17.2 Å². The van der Waals surface area contributed by atoms with Gasteiger partial charge >= 0.3 is 0 Å². The summed E-state index contributed by atoms with van der Waals surface area (Å²) in [6.07, 6.45) is 19.7. The number of unbranched alkanes of at least 4 members (excludes halogenated alkanes) is 4. The topological polar surface area (TPSA) is 78.1 Å². The van der Waals surface area contributed by atoms with E-state index >= 15 is 0 Å². The molecule has 0 aromatic heterocycles. The monoisotopic (exact) mass is 746 g/mol. The van der Waals surface area contributed by atoms with Gasteiger partial charge in [0.15, 0.2) is 0 Å². The summed E-state index contributed by atoms with van der Waals surface area (Å²) in [7, 11) is 0. The van der Waals surface area contributed by atoms with E-state index in [-0.39, 0.29) is 13.0 Å². The summed E-state index contributed by atoms with van der Waals surface area (Å²) in [6, 6.07) is 0. The summed E-state index contributed by atoms with van der Waals surface area (Å²) in [5, 5.41) is 0. The quantitative estimate of drug-likeness (QED) is 0.130. The van der Waals surface area contributed by atoms with Crippen LogP contribution in [0.1, 0.15) is 249 Å². The fourth-order valence-electron chi connectivity index (χ4n) is 5.34. The van der Waals surface area contributed by atoms with Crippen LogP contribution < -0.4 is 17.2 Å². The molecule has 326 valence electrons. The fourth-order valence-corrected chi connectivity index (χ4v) is 5.34. The van der Waals surface area contributed by atoms with Crippen molar-refractivity contribution < 1.29 is 0 Å². The molecule has 0 unspecified atom stereocenters. The molecule has 3 heteroatoms. The van der Waals surface area contributed by atoms with Crippen molar-refractivity contribution in [2.45, 2.75) is 255 Å². The number of nitrogens with two attached hydrogens (primary N) is 3. The second-order valence-corrected chi connectivity index (χ2v) is 20.3. The third-order valence-electron chi connectivity index (χ3n) is 8.10. The number of hydrogen-bond acceptors (Lipinski definition) is 3. The van der Waals surface area contributed by atoms with Gasteiger partial charge in [-0.1, -0.05) is 204 Å². The highest BCUT2D eigenvalue weighted by molar-refractivity contribution is 4.98. The van der Waals surface area contributed by atoms with Crippen molar-refractivity contribution in [2.75, 3.05) is 13.1 Å². The first-order chi connectivity index (χ1) is 23.2. The normalized spacial score (nSPS) is 12.7. The Hall–Kier alpha value is -0.120. The zero-order chi connectivity index (χ0) is 41.6. The van der Waals surface area contributed by atoms with Crippen LogP contribution in [0.2, 0.25) is 0 Å². The van der Waals surface area contributed by atoms with Crippen LogP contribution in [0.4, 0.5) is 0 Å². The molecule has 0 heterocycles. The molecule has 0 saturated heterocycles. The molecular formula is C49H115N3. The predicted octanol–water partition coefficient (Wildman–Crippen LogP) is 16.4. The first-order valence-electron chi connectivity index (χ1n) is 22.4. The van der Waals surface area contributed by atoms with Gasteiger partial charge in [-0.15, -0.1) is 0 Å². The van der Waals surface area contributed by atoms with Gasteiger partial charge in [-0.25, -0.2) is 0 Å². The maximum atomic E-state index is 5.85. The molecule has 0 radical (unpaired) electrons. The molecule has 0 bridgehead atoms. The van der Waals surface area contributed by atoms with Crippen molar-refractivity contribution in [3.63, 3.8) is 0 Å². The van der Waals surface area contributed by atoms with Gasteiger partial charge < -0.3 is 17.2 Å². The van der Waals surface area contributed by atoms with E-state index < -0.39 is 0 Å². The van der Waals surface area contributed by atoms with Crippen molar-refractivity contribution in [2.24, 2.45) is 70.0 Å². The van der Waals surface area contributed by atoms with E-state index in [0.717, 1.165) is 66.9 Å². The van der Waals surface area contributed by atoms with Crippen LogP contribution in [-0.4, -0.2) is 18.6 Å². The van der Waals surface area contributed by atoms with Crippen molar-refractivity contribution in [3.8, 4) is 0 Å². The molecule has 52 heavy (non-hydrogen) atoms. The van der Waals surface area contributed by atoms with Gasteiger partial charge in [-0.2, -0.15) is 0 Å². The van der Waals surface area contributed by atoms with E-state index in [0.29, 0.717) is 5.41 Å². The molecule has 0 spiro atoms. The van der Waals surface area contributed by atoms with E-state index in [1.165, 1.54) is 89.9 Å². The highest BCUT2D eigenvalue weighted by Crippen LogP contribution is 2.37. The predicted molar refractivity (Wildman–Crippen MR) is 251 cm³/mol. The largest absolute Gasteiger partial charge is 0.330 e. The molecule has 0 aromatic carbocycles. The van der Waals surface area contributed by atoms with Crippen molar-refractivity contribution in [3.05, 3.63) is 0 Å². The Balaban J connectivity index is -0.0000000914. The summed E-state index contributed by atoms with van der Waals surface area (Å²) in [4.78, 5) is 0. The highest BCUT2D eigenvalue weighted by Gasteiger charge is 2.38. The summed E-state index contributed by atoms with van der Waals surface area (Å²) < 4.78 is 0.